The molecule has 0 saturated heterocycles. The van der Waals surface area contributed by atoms with Gasteiger partial charge < -0.3 is 10.5 Å². The van der Waals surface area contributed by atoms with Gasteiger partial charge in [0.25, 0.3) is 0 Å². The van der Waals surface area contributed by atoms with E-state index in [1.165, 1.54) is 0 Å². The van der Waals surface area contributed by atoms with Crippen molar-refractivity contribution in [2.75, 3.05) is 0 Å². The van der Waals surface area contributed by atoms with E-state index in [9.17, 15) is 4.79 Å². The monoisotopic (exact) mass is 485 g/mol. The molecule has 0 fully saturated rings. The number of hydrogen-bond acceptors (Lipinski definition) is 3. The zero-order valence-corrected chi connectivity index (χ0v) is 18.4. The molecule has 3 unspecified atom stereocenters. The Morgan fingerprint density at radius 1 is 1.12 bits per heavy atom. The van der Waals surface area contributed by atoms with Gasteiger partial charge >= 0.3 is 5.97 Å². The molecule has 140 valence electrons. The van der Waals surface area contributed by atoms with E-state index in [-0.39, 0.29) is 17.9 Å². The summed E-state index contributed by atoms with van der Waals surface area (Å²) in [4.78, 5) is 12.7. The van der Waals surface area contributed by atoms with Crippen LogP contribution in [0.1, 0.15) is 50.8 Å². The van der Waals surface area contributed by atoms with Crippen LogP contribution in [-0.2, 0) is 9.53 Å². The summed E-state index contributed by atoms with van der Waals surface area (Å²) in [6.45, 7) is 7.50. The quantitative estimate of drug-likeness (QED) is 0.436. The smallest absolute Gasteiger partial charge is 0.309 e. The van der Waals surface area contributed by atoms with Crippen molar-refractivity contribution in [1.82, 2.24) is 0 Å². The minimum absolute atomic E-state index is 0.208. The van der Waals surface area contributed by atoms with Crippen molar-refractivity contribution in [2.45, 2.75) is 45.3 Å². The topological polar surface area (TPSA) is 52.3 Å². The number of carbonyl (C=O) groups excluding carboxylic acids is 1. The predicted molar refractivity (Wildman–Crippen MR) is 115 cm³/mol. The van der Waals surface area contributed by atoms with Crippen LogP contribution in [0.3, 0.4) is 0 Å². The lowest BCUT2D eigenvalue weighted by molar-refractivity contribution is -0.160. The van der Waals surface area contributed by atoms with E-state index >= 15 is 0 Å². The Morgan fingerprint density at radius 3 is 2.27 bits per heavy atom. The van der Waals surface area contributed by atoms with Gasteiger partial charge in [0.1, 0.15) is 5.60 Å². The fourth-order valence-corrected chi connectivity index (χ4v) is 3.65. The van der Waals surface area contributed by atoms with Crippen LogP contribution >= 0.6 is 34.2 Å². The molecule has 5 heteroatoms. The molecule has 0 aliphatic carbocycles. The molecule has 3 nitrogen and oxygen atoms in total. The number of rotatable bonds is 5. The van der Waals surface area contributed by atoms with Gasteiger partial charge in [0, 0.05) is 20.6 Å². The molecule has 0 spiro atoms. The third-order valence-electron chi connectivity index (χ3n) is 4.19. The Balaban J connectivity index is 2.41. The van der Waals surface area contributed by atoms with Gasteiger partial charge in [-0.05, 0) is 78.8 Å². The number of carbonyl (C=O) groups is 1. The molecule has 0 bridgehead atoms. The summed E-state index contributed by atoms with van der Waals surface area (Å²) in [6.07, 6.45) is 0. The molecule has 0 aliphatic rings. The molecule has 26 heavy (non-hydrogen) atoms. The highest BCUT2D eigenvalue weighted by atomic mass is 127. The minimum Gasteiger partial charge on any atom is -0.460 e. The minimum atomic E-state index is -0.536. The van der Waals surface area contributed by atoms with Crippen LogP contribution in [0.4, 0.5) is 0 Å². The van der Waals surface area contributed by atoms with E-state index in [1.807, 2.05) is 70.2 Å². The summed E-state index contributed by atoms with van der Waals surface area (Å²) in [5.74, 6) is -0.843. The predicted octanol–water partition coefficient (Wildman–Crippen LogP) is 5.71. The fourth-order valence-electron chi connectivity index (χ4n) is 2.95. The third kappa shape index (κ3) is 5.69. The number of benzene rings is 2. The fraction of sp³-hybridized carbons (Fsp3) is 0.381. The van der Waals surface area contributed by atoms with Gasteiger partial charge in [-0.3, -0.25) is 4.79 Å². The normalized spacial score (nSPS) is 15.2. The van der Waals surface area contributed by atoms with Crippen LogP contribution in [0.5, 0.6) is 0 Å². The van der Waals surface area contributed by atoms with Crippen LogP contribution in [0, 0.1) is 9.49 Å². The highest BCUT2D eigenvalue weighted by molar-refractivity contribution is 14.1. The SMILES string of the molecule is CC(C(=O)OC(C)(C)C)C(c1cccc(I)c1)C(N)c1ccc(Cl)cc1. The van der Waals surface area contributed by atoms with Crippen molar-refractivity contribution in [2.24, 2.45) is 11.7 Å². The van der Waals surface area contributed by atoms with Crippen molar-refractivity contribution >= 4 is 40.2 Å². The second-order valence-corrected chi connectivity index (χ2v) is 9.16. The molecule has 0 heterocycles. The first kappa shape index (κ1) is 21.2. The van der Waals surface area contributed by atoms with E-state index in [2.05, 4.69) is 28.7 Å². The summed E-state index contributed by atoms with van der Waals surface area (Å²) in [6, 6.07) is 15.2. The molecule has 2 rings (SSSR count). The summed E-state index contributed by atoms with van der Waals surface area (Å²) < 4.78 is 6.72. The van der Waals surface area contributed by atoms with Crippen molar-refractivity contribution in [3.05, 3.63) is 68.3 Å². The lowest BCUT2D eigenvalue weighted by atomic mass is 9.79. The second kappa shape index (κ2) is 8.72. The molecule has 2 N–H and O–H groups in total. The lowest BCUT2D eigenvalue weighted by Gasteiger charge is -2.31. The first-order valence-electron chi connectivity index (χ1n) is 8.58. The van der Waals surface area contributed by atoms with Crippen LogP contribution < -0.4 is 5.73 Å². The zero-order valence-electron chi connectivity index (χ0n) is 15.5. The van der Waals surface area contributed by atoms with Crippen molar-refractivity contribution in [3.63, 3.8) is 0 Å². The van der Waals surface area contributed by atoms with Crippen molar-refractivity contribution in [3.8, 4) is 0 Å². The van der Waals surface area contributed by atoms with Gasteiger partial charge in [-0.15, -0.1) is 0 Å². The first-order valence-corrected chi connectivity index (χ1v) is 10.0. The molecule has 2 aromatic carbocycles. The molecule has 0 saturated carbocycles. The van der Waals surface area contributed by atoms with Crippen LogP contribution in [-0.4, -0.2) is 11.6 Å². The van der Waals surface area contributed by atoms with Gasteiger partial charge in [0.15, 0.2) is 0 Å². The zero-order chi connectivity index (χ0) is 19.5. The molecule has 0 radical (unpaired) electrons. The Bertz CT molecular complexity index is 755. The summed E-state index contributed by atoms with van der Waals surface area (Å²) in [7, 11) is 0. The average Bonchev–Trinajstić information content (AvgIpc) is 2.54. The Kier molecular flexibility index (Phi) is 7.11. The maximum atomic E-state index is 12.7. The number of halogens is 2. The molecule has 0 aliphatic heterocycles. The highest BCUT2D eigenvalue weighted by Gasteiger charge is 2.34. The second-order valence-electron chi connectivity index (χ2n) is 7.48. The molecule has 2 aromatic rings. The van der Waals surface area contributed by atoms with Crippen molar-refractivity contribution in [1.29, 1.82) is 0 Å². The van der Waals surface area contributed by atoms with Gasteiger partial charge in [-0.25, -0.2) is 0 Å². The van der Waals surface area contributed by atoms with E-state index in [0.717, 1.165) is 14.7 Å². The number of ether oxygens (including phenoxy) is 1. The van der Waals surface area contributed by atoms with E-state index < -0.39 is 11.5 Å². The Morgan fingerprint density at radius 2 is 1.73 bits per heavy atom. The Hall–Kier alpha value is -1.11. The average molecular weight is 486 g/mol. The van der Waals surface area contributed by atoms with E-state index in [4.69, 9.17) is 22.1 Å². The largest absolute Gasteiger partial charge is 0.460 e. The van der Waals surface area contributed by atoms with E-state index in [0.29, 0.717) is 5.02 Å². The Labute approximate surface area is 174 Å². The number of esters is 1. The van der Waals surface area contributed by atoms with Gasteiger partial charge in [-0.2, -0.15) is 0 Å². The van der Waals surface area contributed by atoms with Crippen LogP contribution in [0.2, 0.25) is 5.02 Å². The first-order chi connectivity index (χ1) is 12.1. The van der Waals surface area contributed by atoms with Gasteiger partial charge in [-0.1, -0.05) is 42.8 Å². The highest BCUT2D eigenvalue weighted by Crippen LogP contribution is 2.37. The van der Waals surface area contributed by atoms with Crippen molar-refractivity contribution < 1.29 is 9.53 Å². The standard InChI is InChI=1S/C21H25ClINO2/c1-13(20(25)26-21(2,3)4)18(15-6-5-7-17(23)12-15)19(24)14-8-10-16(22)11-9-14/h5-13,18-19H,24H2,1-4H3. The summed E-state index contributed by atoms with van der Waals surface area (Å²) in [5, 5.41) is 0.659. The van der Waals surface area contributed by atoms with Gasteiger partial charge in [0.05, 0.1) is 5.92 Å². The molecule has 0 aromatic heterocycles. The van der Waals surface area contributed by atoms with Crippen LogP contribution in [0.25, 0.3) is 0 Å². The summed E-state index contributed by atoms with van der Waals surface area (Å²) in [5.41, 5.74) is 8.05. The third-order valence-corrected chi connectivity index (χ3v) is 5.12. The molecular weight excluding hydrogens is 461 g/mol. The number of nitrogens with two attached hydrogens (primary N) is 1. The maximum Gasteiger partial charge on any atom is 0.309 e. The molecule has 0 amide bonds. The number of hydrogen-bond donors (Lipinski definition) is 1. The maximum absolute atomic E-state index is 12.7. The molecule has 3 atom stereocenters. The van der Waals surface area contributed by atoms with E-state index in [1.54, 1.807) is 0 Å². The van der Waals surface area contributed by atoms with Crippen LogP contribution in [0.15, 0.2) is 48.5 Å². The summed E-state index contributed by atoms with van der Waals surface area (Å²) >= 11 is 8.27. The lowest BCUT2D eigenvalue weighted by Crippen LogP contribution is -2.34. The molecular formula is C21H25ClINO2. The van der Waals surface area contributed by atoms with Gasteiger partial charge in [0.2, 0.25) is 0 Å².